The highest BCUT2D eigenvalue weighted by atomic mass is 32.2. The molecule has 1 atom stereocenters. The Balaban J connectivity index is 3.17. The van der Waals surface area contributed by atoms with Gasteiger partial charge in [0.15, 0.2) is 0 Å². The summed E-state index contributed by atoms with van der Waals surface area (Å²) in [6, 6.07) is 3.38. The maximum atomic E-state index is 12.5. The fourth-order valence-electron chi connectivity index (χ4n) is 1.87. The molecule has 4 nitrogen and oxygen atoms in total. The molecule has 1 aromatic carbocycles. The van der Waals surface area contributed by atoms with Gasteiger partial charge >= 0.3 is 0 Å². The molecule has 0 amide bonds. The number of hydrogen-bond acceptors (Lipinski definition) is 3. The summed E-state index contributed by atoms with van der Waals surface area (Å²) < 4.78 is 26.4. The van der Waals surface area contributed by atoms with Crippen LogP contribution in [0.4, 0.5) is 5.69 Å². The first-order chi connectivity index (χ1) is 8.70. The molecule has 0 fully saturated rings. The Bertz CT molecular complexity index is 553. The molecule has 0 aliphatic carbocycles. The van der Waals surface area contributed by atoms with E-state index in [0.29, 0.717) is 18.2 Å². The summed E-state index contributed by atoms with van der Waals surface area (Å²) in [7, 11) is -1.90. The first-order valence-electron chi connectivity index (χ1n) is 6.53. The molecular formula is C14H24N2O2S. The third-order valence-corrected chi connectivity index (χ3v) is 5.46. The quantitative estimate of drug-likeness (QED) is 0.845. The lowest BCUT2D eigenvalue weighted by molar-refractivity contribution is 0.394. The van der Waals surface area contributed by atoms with Gasteiger partial charge in [-0.3, -0.25) is 0 Å². The van der Waals surface area contributed by atoms with Crippen LogP contribution < -0.4 is 5.73 Å². The van der Waals surface area contributed by atoms with Crippen LogP contribution in [0.2, 0.25) is 0 Å². The van der Waals surface area contributed by atoms with E-state index in [1.165, 1.54) is 4.31 Å². The molecule has 0 spiro atoms. The Kier molecular flexibility index (Phi) is 4.98. The molecule has 0 saturated carbocycles. The third kappa shape index (κ3) is 3.48. The normalized spacial score (nSPS) is 13.8. The SMILES string of the molecule is CCC(C)CN(C)S(=O)(=O)c1cc(C)c(C)cc1N. The second-order valence-electron chi connectivity index (χ2n) is 5.27. The van der Waals surface area contributed by atoms with E-state index < -0.39 is 10.0 Å². The van der Waals surface area contributed by atoms with Crippen LogP contribution in [0.15, 0.2) is 17.0 Å². The minimum absolute atomic E-state index is 0.210. The summed E-state index contributed by atoms with van der Waals surface area (Å²) in [4.78, 5) is 0.210. The third-order valence-electron chi connectivity index (χ3n) is 3.58. The summed E-state index contributed by atoms with van der Waals surface area (Å²) in [5.41, 5.74) is 8.13. The van der Waals surface area contributed by atoms with E-state index in [-0.39, 0.29) is 4.90 Å². The molecule has 0 aliphatic heterocycles. The highest BCUT2D eigenvalue weighted by Gasteiger charge is 2.24. The zero-order valence-electron chi connectivity index (χ0n) is 12.4. The van der Waals surface area contributed by atoms with Gasteiger partial charge in [-0.15, -0.1) is 0 Å². The van der Waals surface area contributed by atoms with Gasteiger partial charge < -0.3 is 5.73 Å². The van der Waals surface area contributed by atoms with Gasteiger partial charge in [0.1, 0.15) is 4.90 Å². The van der Waals surface area contributed by atoms with Gasteiger partial charge in [0.2, 0.25) is 10.0 Å². The molecule has 0 radical (unpaired) electrons. The van der Waals surface area contributed by atoms with Crippen molar-refractivity contribution in [1.82, 2.24) is 4.31 Å². The van der Waals surface area contributed by atoms with E-state index in [1.807, 2.05) is 20.8 Å². The van der Waals surface area contributed by atoms with Crippen molar-refractivity contribution in [3.05, 3.63) is 23.3 Å². The van der Waals surface area contributed by atoms with Crippen LogP contribution in [0.5, 0.6) is 0 Å². The van der Waals surface area contributed by atoms with Crippen LogP contribution in [0.25, 0.3) is 0 Å². The van der Waals surface area contributed by atoms with E-state index in [9.17, 15) is 8.42 Å². The van der Waals surface area contributed by atoms with Crippen LogP contribution in [0.1, 0.15) is 31.4 Å². The lowest BCUT2D eigenvalue weighted by atomic mass is 10.1. The maximum absolute atomic E-state index is 12.5. The second kappa shape index (κ2) is 5.92. The fraction of sp³-hybridized carbons (Fsp3) is 0.571. The molecule has 19 heavy (non-hydrogen) atoms. The van der Waals surface area contributed by atoms with Gasteiger partial charge in [0, 0.05) is 13.6 Å². The molecule has 0 aliphatic rings. The van der Waals surface area contributed by atoms with Gasteiger partial charge in [0.05, 0.1) is 5.69 Å². The summed E-state index contributed by atoms with van der Waals surface area (Å²) >= 11 is 0. The van der Waals surface area contributed by atoms with Crippen molar-refractivity contribution in [2.24, 2.45) is 5.92 Å². The molecule has 5 heteroatoms. The summed E-state index contributed by atoms with van der Waals surface area (Å²) in [6.45, 7) is 8.41. The van der Waals surface area contributed by atoms with Gasteiger partial charge in [-0.05, 0) is 43.0 Å². The topological polar surface area (TPSA) is 63.4 Å². The average Bonchev–Trinajstić information content (AvgIpc) is 2.33. The van der Waals surface area contributed by atoms with E-state index in [4.69, 9.17) is 5.73 Å². The average molecular weight is 284 g/mol. The minimum atomic E-state index is -3.51. The Morgan fingerprint density at radius 3 is 2.32 bits per heavy atom. The number of benzene rings is 1. The van der Waals surface area contributed by atoms with Crippen molar-refractivity contribution in [2.75, 3.05) is 19.3 Å². The molecule has 0 heterocycles. The monoisotopic (exact) mass is 284 g/mol. The zero-order chi connectivity index (χ0) is 14.8. The molecule has 1 unspecified atom stereocenters. The summed E-state index contributed by atoms with van der Waals surface area (Å²) in [5.74, 6) is 0.326. The number of sulfonamides is 1. The van der Waals surface area contributed by atoms with Crippen molar-refractivity contribution in [1.29, 1.82) is 0 Å². The van der Waals surface area contributed by atoms with Crippen molar-refractivity contribution in [2.45, 2.75) is 39.0 Å². The molecule has 1 rings (SSSR count). The van der Waals surface area contributed by atoms with Gasteiger partial charge in [-0.1, -0.05) is 20.3 Å². The van der Waals surface area contributed by atoms with E-state index in [2.05, 4.69) is 6.92 Å². The van der Waals surface area contributed by atoms with Crippen molar-refractivity contribution >= 4 is 15.7 Å². The Hall–Kier alpha value is -1.07. The first-order valence-corrected chi connectivity index (χ1v) is 7.97. The molecule has 1 aromatic rings. The number of rotatable bonds is 5. The molecule has 2 N–H and O–H groups in total. The molecule has 108 valence electrons. The van der Waals surface area contributed by atoms with Crippen molar-refractivity contribution < 1.29 is 8.42 Å². The lowest BCUT2D eigenvalue weighted by Crippen LogP contribution is -2.31. The minimum Gasteiger partial charge on any atom is -0.398 e. The molecular weight excluding hydrogens is 260 g/mol. The number of aryl methyl sites for hydroxylation is 2. The number of nitrogens with two attached hydrogens (primary N) is 1. The largest absolute Gasteiger partial charge is 0.398 e. The maximum Gasteiger partial charge on any atom is 0.244 e. The Labute approximate surface area is 116 Å². The van der Waals surface area contributed by atoms with E-state index in [0.717, 1.165) is 17.5 Å². The predicted molar refractivity (Wildman–Crippen MR) is 79.6 cm³/mol. The molecule has 0 bridgehead atoms. The van der Waals surface area contributed by atoms with Crippen LogP contribution in [-0.4, -0.2) is 26.3 Å². The van der Waals surface area contributed by atoms with Crippen LogP contribution in [0, 0.1) is 19.8 Å². The molecule has 0 aromatic heterocycles. The van der Waals surface area contributed by atoms with Gasteiger partial charge in [-0.2, -0.15) is 0 Å². The van der Waals surface area contributed by atoms with Crippen LogP contribution in [-0.2, 0) is 10.0 Å². The lowest BCUT2D eigenvalue weighted by Gasteiger charge is -2.22. The Morgan fingerprint density at radius 1 is 1.26 bits per heavy atom. The van der Waals surface area contributed by atoms with Crippen molar-refractivity contribution in [3.8, 4) is 0 Å². The number of nitrogens with zero attached hydrogens (tertiary/aromatic N) is 1. The Morgan fingerprint density at radius 2 is 1.79 bits per heavy atom. The van der Waals surface area contributed by atoms with Crippen LogP contribution >= 0.6 is 0 Å². The van der Waals surface area contributed by atoms with Crippen molar-refractivity contribution in [3.63, 3.8) is 0 Å². The van der Waals surface area contributed by atoms with Gasteiger partial charge in [-0.25, -0.2) is 12.7 Å². The summed E-state index contributed by atoms with van der Waals surface area (Å²) in [6.07, 6.45) is 0.947. The first kappa shape index (κ1) is 16.0. The smallest absolute Gasteiger partial charge is 0.244 e. The highest BCUT2D eigenvalue weighted by molar-refractivity contribution is 7.89. The zero-order valence-corrected chi connectivity index (χ0v) is 13.2. The summed E-state index contributed by atoms with van der Waals surface area (Å²) in [5, 5.41) is 0. The number of nitrogen functional groups attached to an aromatic ring is 1. The van der Waals surface area contributed by atoms with E-state index >= 15 is 0 Å². The predicted octanol–water partition coefficient (Wildman–Crippen LogP) is 2.55. The molecule has 0 saturated heterocycles. The standard InChI is InChI=1S/C14H24N2O2S/c1-6-10(2)9-16(5)19(17,18)14-8-12(4)11(3)7-13(14)15/h7-8,10H,6,9,15H2,1-5H3. The van der Waals surface area contributed by atoms with Gasteiger partial charge in [0.25, 0.3) is 0 Å². The fourth-order valence-corrected chi connectivity index (χ4v) is 3.34. The highest BCUT2D eigenvalue weighted by Crippen LogP contribution is 2.25. The van der Waals surface area contributed by atoms with Crippen LogP contribution in [0.3, 0.4) is 0 Å². The number of hydrogen-bond donors (Lipinski definition) is 1. The number of anilines is 1. The second-order valence-corrected chi connectivity index (χ2v) is 7.29. The van der Waals surface area contributed by atoms with E-state index in [1.54, 1.807) is 19.2 Å².